The second kappa shape index (κ2) is 10.1. The predicted molar refractivity (Wildman–Crippen MR) is 119 cm³/mol. The molecule has 31 heavy (non-hydrogen) atoms. The van der Waals surface area contributed by atoms with Gasteiger partial charge in [0, 0.05) is 39.6 Å². The lowest BCUT2D eigenvalue weighted by molar-refractivity contribution is -0.131. The van der Waals surface area contributed by atoms with Crippen LogP contribution >= 0.6 is 11.6 Å². The highest BCUT2D eigenvalue weighted by Crippen LogP contribution is 2.26. The van der Waals surface area contributed by atoms with Gasteiger partial charge in [-0.05, 0) is 24.3 Å². The molecule has 0 atom stereocenters. The van der Waals surface area contributed by atoms with Gasteiger partial charge in [-0.2, -0.15) is 4.31 Å². The molecule has 10 heteroatoms. The molecule has 1 saturated heterocycles. The number of halogens is 1. The minimum atomic E-state index is -3.53. The van der Waals surface area contributed by atoms with Gasteiger partial charge in [0.2, 0.25) is 10.0 Å². The van der Waals surface area contributed by atoms with Gasteiger partial charge < -0.3 is 15.0 Å². The molecule has 2 aromatic carbocycles. The number of nitrogens with one attached hydrogen (secondary N) is 1. The van der Waals surface area contributed by atoms with E-state index in [1.807, 2.05) is 24.3 Å². The van der Waals surface area contributed by atoms with Crippen molar-refractivity contribution in [2.75, 3.05) is 43.4 Å². The number of hydrogen-bond acceptors (Lipinski definition) is 6. The highest BCUT2D eigenvalue weighted by molar-refractivity contribution is 7.89. The van der Waals surface area contributed by atoms with Crippen LogP contribution in [0.25, 0.3) is 0 Å². The molecule has 1 aliphatic rings. The van der Waals surface area contributed by atoms with Gasteiger partial charge in [-0.1, -0.05) is 35.9 Å². The molecule has 1 aliphatic heterocycles. The summed E-state index contributed by atoms with van der Waals surface area (Å²) in [6.07, 6.45) is 0. The molecule has 0 bridgehead atoms. The molecule has 166 valence electrons. The van der Waals surface area contributed by atoms with Crippen molar-refractivity contribution in [3.05, 3.63) is 59.1 Å². The zero-order valence-electron chi connectivity index (χ0n) is 17.1. The van der Waals surface area contributed by atoms with Crippen molar-refractivity contribution in [1.82, 2.24) is 9.62 Å². The average molecular weight is 466 g/mol. The summed E-state index contributed by atoms with van der Waals surface area (Å²) < 4.78 is 31.8. The molecule has 0 saturated carbocycles. The van der Waals surface area contributed by atoms with Crippen LogP contribution in [0.15, 0.2) is 48.5 Å². The Morgan fingerprint density at radius 2 is 1.68 bits per heavy atom. The highest BCUT2D eigenvalue weighted by atomic mass is 35.5. The molecule has 1 amide bonds. The minimum Gasteiger partial charge on any atom is -0.426 e. The molecule has 8 nitrogen and oxygen atoms in total. The molecule has 2 aromatic rings. The van der Waals surface area contributed by atoms with E-state index in [1.165, 1.54) is 23.4 Å². The van der Waals surface area contributed by atoms with E-state index in [0.717, 1.165) is 5.69 Å². The Morgan fingerprint density at radius 3 is 2.35 bits per heavy atom. The van der Waals surface area contributed by atoms with Crippen molar-refractivity contribution in [3.8, 4) is 5.75 Å². The summed E-state index contributed by atoms with van der Waals surface area (Å²) in [5.41, 5.74) is 1.06. The van der Waals surface area contributed by atoms with Crippen molar-refractivity contribution in [1.29, 1.82) is 0 Å². The van der Waals surface area contributed by atoms with Crippen LogP contribution in [0.5, 0.6) is 5.75 Å². The second-order valence-corrected chi connectivity index (χ2v) is 9.49. The number of rotatable bonds is 7. The molecule has 0 spiro atoms. The number of amides is 1. The van der Waals surface area contributed by atoms with E-state index >= 15 is 0 Å². The zero-order chi connectivity index (χ0) is 22.4. The molecule has 0 unspecified atom stereocenters. The van der Waals surface area contributed by atoms with Crippen LogP contribution in [0.1, 0.15) is 17.3 Å². The fourth-order valence-corrected chi connectivity index (χ4v) is 4.92. The number of para-hydroxylation sites is 2. The first-order valence-electron chi connectivity index (χ1n) is 9.81. The Bertz CT molecular complexity index is 1050. The Kier molecular flexibility index (Phi) is 7.53. The van der Waals surface area contributed by atoms with Crippen molar-refractivity contribution < 1.29 is 22.7 Å². The standard InChI is InChI=1S/C21H24ClN3O5S/c1-16(26)30-20-9-5-2-6-17(20)21(27)23-10-15-31(28,29)25-13-11-24(12-14-25)19-8-4-3-7-18(19)22/h2-9H,10-15H2,1H3,(H,23,27). The van der Waals surface area contributed by atoms with E-state index in [9.17, 15) is 18.0 Å². The molecular formula is C21H24ClN3O5S. The normalized spacial score (nSPS) is 14.8. The number of carbonyl (C=O) groups excluding carboxylic acids is 2. The van der Waals surface area contributed by atoms with Gasteiger partial charge in [0.25, 0.3) is 5.91 Å². The van der Waals surface area contributed by atoms with Crippen LogP contribution in [0.4, 0.5) is 5.69 Å². The van der Waals surface area contributed by atoms with Crippen LogP contribution < -0.4 is 15.0 Å². The molecule has 1 N–H and O–H groups in total. The number of carbonyl (C=O) groups is 2. The predicted octanol–water partition coefficient (Wildman–Crippen LogP) is 2.15. The Labute approximate surface area is 186 Å². The fourth-order valence-electron chi connectivity index (χ4n) is 3.33. The third-order valence-electron chi connectivity index (χ3n) is 4.86. The molecule has 0 aliphatic carbocycles. The van der Waals surface area contributed by atoms with Crippen LogP contribution in [0, 0.1) is 0 Å². The number of benzene rings is 2. The summed E-state index contributed by atoms with van der Waals surface area (Å²) in [7, 11) is -3.53. The Morgan fingerprint density at radius 1 is 1.03 bits per heavy atom. The molecule has 0 radical (unpaired) electrons. The maximum Gasteiger partial charge on any atom is 0.308 e. The van der Waals surface area contributed by atoms with E-state index in [0.29, 0.717) is 31.2 Å². The molecular weight excluding hydrogens is 442 g/mol. The van der Waals surface area contributed by atoms with Crippen LogP contribution in [-0.4, -0.2) is 63.1 Å². The number of esters is 1. The smallest absolute Gasteiger partial charge is 0.308 e. The van der Waals surface area contributed by atoms with Gasteiger partial charge in [-0.3, -0.25) is 9.59 Å². The zero-order valence-corrected chi connectivity index (χ0v) is 18.7. The first-order valence-corrected chi connectivity index (χ1v) is 11.8. The van der Waals surface area contributed by atoms with Crippen molar-refractivity contribution in [3.63, 3.8) is 0 Å². The van der Waals surface area contributed by atoms with Crippen molar-refractivity contribution >= 4 is 39.2 Å². The van der Waals surface area contributed by atoms with Crippen LogP contribution in [-0.2, 0) is 14.8 Å². The summed E-state index contributed by atoms with van der Waals surface area (Å²) >= 11 is 6.23. The molecule has 0 aromatic heterocycles. The van der Waals surface area contributed by atoms with Crippen LogP contribution in [0.3, 0.4) is 0 Å². The summed E-state index contributed by atoms with van der Waals surface area (Å²) in [5.74, 6) is -1.14. The topological polar surface area (TPSA) is 96.0 Å². The van der Waals surface area contributed by atoms with Crippen LogP contribution in [0.2, 0.25) is 5.02 Å². The van der Waals surface area contributed by atoms with Crippen molar-refractivity contribution in [2.45, 2.75) is 6.92 Å². The maximum atomic E-state index is 12.7. The maximum absolute atomic E-state index is 12.7. The molecule has 1 heterocycles. The lowest BCUT2D eigenvalue weighted by Crippen LogP contribution is -2.50. The van der Waals surface area contributed by atoms with E-state index in [4.69, 9.17) is 16.3 Å². The van der Waals surface area contributed by atoms with Gasteiger partial charge in [0.05, 0.1) is 22.0 Å². The summed E-state index contributed by atoms with van der Waals surface area (Å²) in [6, 6.07) is 13.8. The number of sulfonamides is 1. The molecule has 1 fully saturated rings. The lowest BCUT2D eigenvalue weighted by atomic mass is 10.2. The number of nitrogens with zero attached hydrogens (tertiary/aromatic N) is 2. The monoisotopic (exact) mass is 465 g/mol. The number of ether oxygens (including phenoxy) is 1. The largest absolute Gasteiger partial charge is 0.426 e. The Hall–Kier alpha value is -2.62. The highest BCUT2D eigenvalue weighted by Gasteiger charge is 2.27. The van der Waals surface area contributed by atoms with E-state index in [-0.39, 0.29) is 23.6 Å². The lowest BCUT2D eigenvalue weighted by Gasteiger charge is -2.35. The van der Waals surface area contributed by atoms with E-state index in [2.05, 4.69) is 10.2 Å². The van der Waals surface area contributed by atoms with E-state index < -0.39 is 21.9 Å². The number of anilines is 1. The van der Waals surface area contributed by atoms with Gasteiger partial charge in [-0.25, -0.2) is 8.42 Å². The molecule has 3 rings (SSSR count). The average Bonchev–Trinajstić information content (AvgIpc) is 2.74. The second-order valence-electron chi connectivity index (χ2n) is 7.00. The summed E-state index contributed by atoms with van der Waals surface area (Å²) in [6.45, 7) is 2.94. The fraction of sp³-hybridized carbons (Fsp3) is 0.333. The number of piperazine rings is 1. The first-order chi connectivity index (χ1) is 14.8. The number of hydrogen-bond donors (Lipinski definition) is 1. The van der Waals surface area contributed by atoms with Gasteiger partial charge in [0.1, 0.15) is 5.75 Å². The van der Waals surface area contributed by atoms with Gasteiger partial charge >= 0.3 is 5.97 Å². The third kappa shape index (κ3) is 5.96. The third-order valence-corrected chi connectivity index (χ3v) is 7.05. The van der Waals surface area contributed by atoms with Crippen molar-refractivity contribution in [2.24, 2.45) is 0 Å². The quantitative estimate of drug-likeness (QED) is 0.497. The Balaban J connectivity index is 1.53. The van der Waals surface area contributed by atoms with E-state index in [1.54, 1.807) is 12.1 Å². The van der Waals surface area contributed by atoms with Gasteiger partial charge in [-0.15, -0.1) is 0 Å². The summed E-state index contributed by atoms with van der Waals surface area (Å²) in [5, 5.41) is 3.22. The summed E-state index contributed by atoms with van der Waals surface area (Å²) in [4.78, 5) is 25.7. The first kappa shape index (κ1) is 23.1. The van der Waals surface area contributed by atoms with Gasteiger partial charge in [0.15, 0.2) is 0 Å². The SMILES string of the molecule is CC(=O)Oc1ccccc1C(=O)NCCS(=O)(=O)N1CCN(c2ccccc2Cl)CC1. The minimum absolute atomic E-state index is 0.0553.